The summed E-state index contributed by atoms with van der Waals surface area (Å²) in [4.78, 5) is 10.6. The molecule has 0 fully saturated rings. The van der Waals surface area contributed by atoms with E-state index in [1.165, 1.54) is 13.2 Å². The van der Waals surface area contributed by atoms with E-state index < -0.39 is 4.92 Å². The second-order valence-corrected chi connectivity index (χ2v) is 4.03. The van der Waals surface area contributed by atoms with Crippen molar-refractivity contribution in [1.82, 2.24) is 14.8 Å². The van der Waals surface area contributed by atoms with E-state index >= 15 is 0 Å². The van der Waals surface area contributed by atoms with Crippen molar-refractivity contribution in [1.29, 1.82) is 0 Å². The van der Waals surface area contributed by atoms with Crippen molar-refractivity contribution in [2.24, 2.45) is 5.73 Å². The van der Waals surface area contributed by atoms with E-state index in [4.69, 9.17) is 10.5 Å². The van der Waals surface area contributed by atoms with Gasteiger partial charge in [0.25, 0.3) is 0 Å². The highest BCUT2D eigenvalue weighted by Gasteiger charge is 2.19. The molecule has 0 saturated heterocycles. The lowest BCUT2D eigenvalue weighted by Gasteiger charge is -2.07. The monoisotopic (exact) mass is 277 g/mol. The summed E-state index contributed by atoms with van der Waals surface area (Å²) in [5.74, 6) is 1.40. The lowest BCUT2D eigenvalue weighted by molar-refractivity contribution is -0.385. The van der Waals surface area contributed by atoms with Gasteiger partial charge in [0.05, 0.1) is 18.6 Å². The van der Waals surface area contributed by atoms with Crippen LogP contribution < -0.4 is 10.5 Å². The number of nitrogens with zero attached hydrogens (tertiary/aromatic N) is 4. The Morgan fingerprint density at radius 2 is 2.20 bits per heavy atom. The largest absolute Gasteiger partial charge is 0.490 e. The third-order valence-electron chi connectivity index (χ3n) is 2.96. The fraction of sp³-hybridized carbons (Fsp3) is 0.333. The highest BCUT2D eigenvalue weighted by atomic mass is 16.6. The van der Waals surface area contributed by atoms with Crippen LogP contribution in [0.5, 0.6) is 5.75 Å². The maximum Gasteiger partial charge on any atom is 0.311 e. The number of aromatic nitrogens is 3. The Balaban J connectivity index is 2.56. The second kappa shape index (κ2) is 5.66. The summed E-state index contributed by atoms with van der Waals surface area (Å²) in [5, 5.41) is 19.1. The van der Waals surface area contributed by atoms with Gasteiger partial charge in [0, 0.05) is 18.2 Å². The van der Waals surface area contributed by atoms with Gasteiger partial charge in [-0.1, -0.05) is 0 Å². The van der Waals surface area contributed by atoms with Crippen LogP contribution in [0.3, 0.4) is 0 Å². The number of nitrogens with two attached hydrogens (primary N) is 1. The van der Waals surface area contributed by atoms with Gasteiger partial charge >= 0.3 is 5.69 Å². The Hall–Kier alpha value is -2.48. The summed E-state index contributed by atoms with van der Waals surface area (Å²) in [5.41, 5.74) is 6.09. The van der Waals surface area contributed by atoms with E-state index in [9.17, 15) is 10.1 Å². The lowest BCUT2D eigenvalue weighted by atomic mass is 10.1. The number of methoxy groups -OCH3 is 1. The van der Waals surface area contributed by atoms with Gasteiger partial charge in [0.1, 0.15) is 5.82 Å². The topological polar surface area (TPSA) is 109 Å². The molecule has 2 rings (SSSR count). The standard InChI is InChI=1S/C12H15N5O3/c1-3-16-11(7-13)14-15-12(16)8-4-5-10(20-2)9(6-8)17(18)19/h4-6H,3,7,13H2,1-2H3. The average molecular weight is 277 g/mol. The summed E-state index contributed by atoms with van der Waals surface area (Å²) in [6.45, 7) is 2.83. The number of hydrogen-bond acceptors (Lipinski definition) is 6. The van der Waals surface area contributed by atoms with E-state index in [0.29, 0.717) is 23.8 Å². The lowest BCUT2D eigenvalue weighted by Crippen LogP contribution is -2.08. The fourth-order valence-electron chi connectivity index (χ4n) is 2.00. The van der Waals surface area contributed by atoms with Crippen molar-refractivity contribution >= 4 is 5.69 Å². The Morgan fingerprint density at radius 1 is 1.45 bits per heavy atom. The molecule has 20 heavy (non-hydrogen) atoms. The van der Waals surface area contributed by atoms with Crippen LogP contribution in [0.2, 0.25) is 0 Å². The van der Waals surface area contributed by atoms with E-state index in [2.05, 4.69) is 10.2 Å². The highest BCUT2D eigenvalue weighted by molar-refractivity contribution is 5.64. The first-order valence-corrected chi connectivity index (χ1v) is 6.07. The molecule has 0 bridgehead atoms. The van der Waals surface area contributed by atoms with Crippen molar-refractivity contribution < 1.29 is 9.66 Å². The predicted octanol–water partition coefficient (Wildman–Crippen LogP) is 1.34. The molecule has 2 N–H and O–H groups in total. The van der Waals surface area contributed by atoms with Crippen molar-refractivity contribution in [3.05, 3.63) is 34.1 Å². The van der Waals surface area contributed by atoms with Gasteiger partial charge < -0.3 is 15.0 Å². The third-order valence-corrected chi connectivity index (χ3v) is 2.96. The molecule has 1 heterocycles. The van der Waals surface area contributed by atoms with Gasteiger partial charge in [-0.25, -0.2) is 0 Å². The Labute approximate surface area is 115 Å². The second-order valence-electron chi connectivity index (χ2n) is 4.03. The molecule has 8 nitrogen and oxygen atoms in total. The number of nitro groups is 1. The molecule has 0 aliphatic rings. The minimum atomic E-state index is -0.487. The SMILES string of the molecule is CCn1c(CN)nnc1-c1ccc(OC)c([N+](=O)[O-])c1. The molecule has 1 aromatic carbocycles. The summed E-state index contributed by atoms with van der Waals surface area (Å²) >= 11 is 0. The zero-order valence-corrected chi connectivity index (χ0v) is 11.2. The molecular formula is C12H15N5O3. The first kappa shape index (κ1) is 13.9. The molecular weight excluding hydrogens is 262 g/mol. The van der Waals surface area contributed by atoms with Crippen molar-refractivity contribution in [3.8, 4) is 17.1 Å². The number of nitro benzene ring substituents is 1. The minimum Gasteiger partial charge on any atom is -0.490 e. The maximum absolute atomic E-state index is 11.0. The van der Waals surface area contributed by atoms with Crippen LogP contribution in [0.4, 0.5) is 5.69 Å². The zero-order chi connectivity index (χ0) is 14.7. The molecule has 0 radical (unpaired) electrons. The van der Waals surface area contributed by atoms with Crippen molar-refractivity contribution in [3.63, 3.8) is 0 Å². The highest BCUT2D eigenvalue weighted by Crippen LogP contribution is 2.31. The molecule has 8 heteroatoms. The zero-order valence-electron chi connectivity index (χ0n) is 11.2. The summed E-state index contributed by atoms with van der Waals surface area (Å²) in [7, 11) is 1.39. The van der Waals surface area contributed by atoms with Gasteiger partial charge in [-0.05, 0) is 19.1 Å². The first-order chi connectivity index (χ1) is 9.62. The van der Waals surface area contributed by atoms with Gasteiger partial charge in [0.2, 0.25) is 0 Å². The van der Waals surface area contributed by atoms with Crippen LogP contribution in [-0.4, -0.2) is 26.8 Å². The van der Waals surface area contributed by atoms with Gasteiger partial charge in [-0.2, -0.15) is 0 Å². The Kier molecular flexibility index (Phi) is 3.94. The average Bonchev–Trinajstić information content (AvgIpc) is 2.89. The van der Waals surface area contributed by atoms with Gasteiger partial charge in [0.15, 0.2) is 11.6 Å². The molecule has 0 unspecified atom stereocenters. The first-order valence-electron chi connectivity index (χ1n) is 6.07. The molecule has 0 aliphatic heterocycles. The molecule has 106 valence electrons. The Bertz CT molecular complexity index is 638. The number of rotatable bonds is 5. The maximum atomic E-state index is 11.0. The van der Waals surface area contributed by atoms with Crippen LogP contribution in [0.1, 0.15) is 12.7 Å². The Morgan fingerprint density at radius 3 is 2.75 bits per heavy atom. The van der Waals surface area contributed by atoms with E-state index in [-0.39, 0.29) is 18.0 Å². The number of benzene rings is 1. The van der Waals surface area contributed by atoms with E-state index in [0.717, 1.165) is 0 Å². The van der Waals surface area contributed by atoms with Crippen LogP contribution >= 0.6 is 0 Å². The van der Waals surface area contributed by atoms with Crippen LogP contribution in [0.25, 0.3) is 11.4 Å². The van der Waals surface area contributed by atoms with Crippen LogP contribution in [0, 0.1) is 10.1 Å². The molecule has 0 aliphatic carbocycles. The van der Waals surface area contributed by atoms with Crippen molar-refractivity contribution in [2.45, 2.75) is 20.0 Å². The molecule has 1 aromatic heterocycles. The molecule has 0 atom stereocenters. The number of hydrogen-bond donors (Lipinski definition) is 1. The van der Waals surface area contributed by atoms with Gasteiger partial charge in [-0.3, -0.25) is 10.1 Å². The molecule has 0 saturated carbocycles. The molecule has 0 amide bonds. The smallest absolute Gasteiger partial charge is 0.311 e. The minimum absolute atomic E-state index is 0.107. The third kappa shape index (κ3) is 2.32. The molecule has 2 aromatic rings. The number of ether oxygens (including phenoxy) is 1. The summed E-state index contributed by atoms with van der Waals surface area (Å²) in [6.07, 6.45) is 0. The predicted molar refractivity (Wildman–Crippen MR) is 72.2 cm³/mol. The molecule has 0 spiro atoms. The van der Waals surface area contributed by atoms with Crippen LogP contribution in [-0.2, 0) is 13.1 Å². The normalized spacial score (nSPS) is 10.6. The van der Waals surface area contributed by atoms with E-state index in [1.54, 1.807) is 12.1 Å². The summed E-state index contributed by atoms with van der Waals surface area (Å²) in [6, 6.07) is 4.68. The van der Waals surface area contributed by atoms with Crippen LogP contribution in [0.15, 0.2) is 18.2 Å². The van der Waals surface area contributed by atoms with E-state index in [1.807, 2.05) is 11.5 Å². The summed E-state index contributed by atoms with van der Waals surface area (Å²) < 4.78 is 6.80. The fourth-order valence-corrected chi connectivity index (χ4v) is 2.00. The quantitative estimate of drug-likeness (QED) is 0.652. The van der Waals surface area contributed by atoms with Gasteiger partial charge in [-0.15, -0.1) is 10.2 Å². The van der Waals surface area contributed by atoms with Crippen molar-refractivity contribution in [2.75, 3.05) is 7.11 Å².